The number of aryl methyl sites for hydroxylation is 3. The first-order valence-corrected chi connectivity index (χ1v) is 7.41. The summed E-state index contributed by atoms with van der Waals surface area (Å²) >= 11 is 1.44. The second-order valence-electron chi connectivity index (χ2n) is 4.81. The van der Waals surface area contributed by atoms with Crippen LogP contribution >= 0.6 is 11.3 Å². The average Bonchev–Trinajstić information content (AvgIpc) is 2.67. The Bertz CT molecular complexity index is 659. The topological polar surface area (TPSA) is 52.3 Å². The highest BCUT2D eigenvalue weighted by Crippen LogP contribution is 2.40. The molecule has 1 aromatic heterocycles. The molecule has 4 heteroatoms. The molecule has 2 aromatic rings. The quantitative estimate of drug-likeness (QED) is 0.865. The van der Waals surface area contributed by atoms with Crippen LogP contribution in [0.4, 0.5) is 5.00 Å². The fourth-order valence-electron chi connectivity index (χ4n) is 2.30. The first kappa shape index (κ1) is 14.6. The number of ether oxygens (including phenoxy) is 1. The van der Waals surface area contributed by atoms with Crippen LogP contribution in [0.25, 0.3) is 11.1 Å². The Morgan fingerprint density at radius 2 is 2.00 bits per heavy atom. The van der Waals surface area contributed by atoms with Gasteiger partial charge in [-0.2, -0.15) is 0 Å². The molecule has 0 atom stereocenters. The molecule has 0 aliphatic carbocycles. The third-order valence-corrected chi connectivity index (χ3v) is 4.19. The fourth-order valence-corrected chi connectivity index (χ4v) is 3.23. The molecule has 0 unspecified atom stereocenters. The van der Waals surface area contributed by atoms with Gasteiger partial charge in [-0.25, -0.2) is 4.79 Å². The number of benzene rings is 1. The molecule has 106 valence electrons. The van der Waals surface area contributed by atoms with Crippen LogP contribution in [0.2, 0.25) is 0 Å². The third-order valence-electron chi connectivity index (χ3n) is 3.25. The van der Waals surface area contributed by atoms with Crippen molar-refractivity contribution in [2.45, 2.75) is 27.7 Å². The summed E-state index contributed by atoms with van der Waals surface area (Å²) in [6.45, 7) is 8.21. The lowest BCUT2D eigenvalue weighted by Crippen LogP contribution is -2.07. The predicted molar refractivity (Wildman–Crippen MR) is 84.3 cm³/mol. The number of nitrogen functional groups attached to an aromatic ring is 1. The minimum absolute atomic E-state index is 0.342. The van der Waals surface area contributed by atoms with Gasteiger partial charge in [-0.3, -0.25) is 0 Å². The van der Waals surface area contributed by atoms with Gasteiger partial charge in [0, 0.05) is 10.4 Å². The van der Waals surface area contributed by atoms with Crippen molar-refractivity contribution in [2.24, 2.45) is 0 Å². The van der Waals surface area contributed by atoms with E-state index in [0.29, 0.717) is 17.2 Å². The van der Waals surface area contributed by atoms with Crippen LogP contribution in [0.15, 0.2) is 18.2 Å². The minimum Gasteiger partial charge on any atom is -0.462 e. The summed E-state index contributed by atoms with van der Waals surface area (Å²) in [7, 11) is 0. The highest BCUT2D eigenvalue weighted by atomic mass is 32.1. The van der Waals surface area contributed by atoms with E-state index in [9.17, 15) is 4.79 Å². The van der Waals surface area contributed by atoms with Crippen LogP contribution in [0, 0.1) is 20.8 Å². The van der Waals surface area contributed by atoms with Crippen molar-refractivity contribution in [3.8, 4) is 11.1 Å². The van der Waals surface area contributed by atoms with Gasteiger partial charge in [0.25, 0.3) is 0 Å². The van der Waals surface area contributed by atoms with E-state index < -0.39 is 0 Å². The zero-order valence-electron chi connectivity index (χ0n) is 12.2. The molecule has 2 rings (SSSR count). The number of anilines is 1. The molecule has 0 fully saturated rings. The van der Waals surface area contributed by atoms with Gasteiger partial charge in [-0.1, -0.05) is 23.8 Å². The summed E-state index contributed by atoms with van der Waals surface area (Å²) in [5.74, 6) is -0.342. The number of hydrogen-bond donors (Lipinski definition) is 1. The maximum absolute atomic E-state index is 12.2. The summed E-state index contributed by atoms with van der Waals surface area (Å²) in [5, 5.41) is 0.525. The molecule has 1 aromatic carbocycles. The molecule has 0 bridgehead atoms. The van der Waals surface area contributed by atoms with E-state index in [1.54, 1.807) is 6.92 Å². The molecule has 0 saturated carbocycles. The van der Waals surface area contributed by atoms with E-state index >= 15 is 0 Å². The van der Waals surface area contributed by atoms with Crippen LogP contribution in [-0.4, -0.2) is 12.6 Å². The van der Waals surface area contributed by atoms with Crippen molar-refractivity contribution in [3.05, 3.63) is 39.8 Å². The summed E-state index contributed by atoms with van der Waals surface area (Å²) < 4.78 is 5.14. The zero-order chi connectivity index (χ0) is 14.9. The van der Waals surface area contributed by atoms with Crippen molar-refractivity contribution >= 4 is 22.3 Å². The predicted octanol–water partition coefficient (Wildman–Crippen LogP) is 4.10. The van der Waals surface area contributed by atoms with Crippen LogP contribution in [0.3, 0.4) is 0 Å². The molecular formula is C16H19NO2S. The first-order chi connectivity index (χ1) is 9.45. The number of rotatable bonds is 3. The van der Waals surface area contributed by atoms with Gasteiger partial charge < -0.3 is 10.5 Å². The van der Waals surface area contributed by atoms with E-state index in [1.807, 2.05) is 20.8 Å². The van der Waals surface area contributed by atoms with Crippen molar-refractivity contribution in [2.75, 3.05) is 12.3 Å². The van der Waals surface area contributed by atoms with Gasteiger partial charge in [0.2, 0.25) is 0 Å². The number of carbonyl (C=O) groups is 1. The van der Waals surface area contributed by atoms with E-state index in [-0.39, 0.29) is 5.97 Å². The van der Waals surface area contributed by atoms with E-state index in [2.05, 4.69) is 18.2 Å². The second kappa shape index (κ2) is 5.67. The Balaban J connectivity index is 2.67. The van der Waals surface area contributed by atoms with Gasteiger partial charge >= 0.3 is 5.97 Å². The molecule has 0 radical (unpaired) electrons. The van der Waals surface area contributed by atoms with E-state index in [1.165, 1.54) is 11.3 Å². The molecule has 20 heavy (non-hydrogen) atoms. The van der Waals surface area contributed by atoms with Gasteiger partial charge in [0.15, 0.2) is 0 Å². The molecular weight excluding hydrogens is 270 g/mol. The number of esters is 1. The van der Waals surface area contributed by atoms with Crippen LogP contribution in [0.5, 0.6) is 0 Å². The summed E-state index contributed by atoms with van der Waals surface area (Å²) in [6.07, 6.45) is 0. The van der Waals surface area contributed by atoms with Crippen molar-refractivity contribution < 1.29 is 9.53 Å². The van der Waals surface area contributed by atoms with E-state index in [0.717, 1.165) is 27.1 Å². The number of thiophene rings is 1. The third kappa shape index (κ3) is 2.56. The average molecular weight is 289 g/mol. The Morgan fingerprint density at radius 1 is 1.30 bits per heavy atom. The first-order valence-electron chi connectivity index (χ1n) is 6.59. The molecule has 2 N–H and O–H groups in total. The fraction of sp³-hybridized carbons (Fsp3) is 0.312. The maximum atomic E-state index is 12.2. The van der Waals surface area contributed by atoms with E-state index in [4.69, 9.17) is 10.5 Å². The molecule has 0 spiro atoms. The van der Waals surface area contributed by atoms with Crippen LogP contribution in [-0.2, 0) is 4.74 Å². The Labute approximate surface area is 123 Å². The number of nitrogens with two attached hydrogens (primary N) is 1. The molecule has 0 aliphatic rings. The van der Waals surface area contributed by atoms with Crippen molar-refractivity contribution in [1.29, 1.82) is 0 Å². The SMILES string of the molecule is CCOC(=O)c1c(N)sc(C)c1-c1cc(C)ccc1C. The lowest BCUT2D eigenvalue weighted by Gasteiger charge is -2.10. The molecule has 0 aliphatic heterocycles. The largest absolute Gasteiger partial charge is 0.462 e. The maximum Gasteiger partial charge on any atom is 0.341 e. The Morgan fingerprint density at radius 3 is 2.65 bits per heavy atom. The number of hydrogen-bond acceptors (Lipinski definition) is 4. The normalized spacial score (nSPS) is 10.6. The van der Waals surface area contributed by atoms with Crippen LogP contribution < -0.4 is 5.73 Å². The van der Waals surface area contributed by atoms with Crippen molar-refractivity contribution in [1.82, 2.24) is 0 Å². The Kier molecular flexibility index (Phi) is 4.14. The Hall–Kier alpha value is -1.81. The van der Waals surface area contributed by atoms with Gasteiger partial charge in [0.1, 0.15) is 10.6 Å². The smallest absolute Gasteiger partial charge is 0.341 e. The molecule has 1 heterocycles. The highest BCUT2D eigenvalue weighted by molar-refractivity contribution is 7.16. The monoisotopic (exact) mass is 289 g/mol. The lowest BCUT2D eigenvalue weighted by atomic mass is 9.95. The minimum atomic E-state index is -0.342. The molecule has 0 amide bonds. The summed E-state index contributed by atoms with van der Waals surface area (Å²) in [5.41, 5.74) is 10.8. The van der Waals surface area contributed by atoms with Crippen molar-refractivity contribution in [3.63, 3.8) is 0 Å². The van der Waals surface area contributed by atoms with Gasteiger partial charge in [-0.15, -0.1) is 11.3 Å². The molecule has 3 nitrogen and oxygen atoms in total. The van der Waals surface area contributed by atoms with Gasteiger partial charge in [-0.05, 0) is 38.8 Å². The standard InChI is InChI=1S/C16H19NO2S/c1-5-19-16(18)14-13(11(4)20-15(14)17)12-8-9(2)6-7-10(12)3/h6-8H,5,17H2,1-4H3. The van der Waals surface area contributed by atoms with Crippen LogP contribution in [0.1, 0.15) is 33.3 Å². The number of carbonyl (C=O) groups excluding carboxylic acids is 1. The zero-order valence-corrected chi connectivity index (χ0v) is 13.1. The second-order valence-corrected chi connectivity index (χ2v) is 6.07. The molecule has 0 saturated heterocycles. The highest BCUT2D eigenvalue weighted by Gasteiger charge is 2.23. The summed E-state index contributed by atoms with van der Waals surface area (Å²) in [4.78, 5) is 13.2. The summed E-state index contributed by atoms with van der Waals surface area (Å²) in [6, 6.07) is 6.22. The van der Waals surface area contributed by atoms with Gasteiger partial charge in [0.05, 0.1) is 6.61 Å². The lowest BCUT2D eigenvalue weighted by molar-refractivity contribution is 0.0529.